The molecule has 0 bridgehead atoms. The summed E-state index contributed by atoms with van der Waals surface area (Å²) in [5, 5.41) is 5.07. The molecular formula is C15H14Cl2IN. The van der Waals surface area contributed by atoms with Crippen molar-refractivity contribution in [2.45, 2.75) is 19.4 Å². The van der Waals surface area contributed by atoms with E-state index in [1.54, 1.807) is 0 Å². The highest BCUT2D eigenvalue weighted by Crippen LogP contribution is 2.28. The fraction of sp³-hybridized carbons (Fsp3) is 0.200. The van der Waals surface area contributed by atoms with Gasteiger partial charge >= 0.3 is 0 Å². The highest BCUT2D eigenvalue weighted by Gasteiger charge is 2.11. The van der Waals surface area contributed by atoms with Gasteiger partial charge < -0.3 is 5.32 Å². The molecule has 100 valence electrons. The number of nitrogens with one attached hydrogen (secondary N) is 1. The van der Waals surface area contributed by atoms with Gasteiger partial charge in [0.1, 0.15) is 0 Å². The smallest absolute Gasteiger partial charge is 0.0512 e. The van der Waals surface area contributed by atoms with Crippen LogP contribution in [0.5, 0.6) is 0 Å². The predicted molar refractivity (Wildman–Crippen MR) is 92.3 cm³/mol. The number of rotatable bonds is 4. The van der Waals surface area contributed by atoms with Crippen molar-refractivity contribution in [3.63, 3.8) is 0 Å². The zero-order valence-corrected chi connectivity index (χ0v) is 14.1. The van der Waals surface area contributed by atoms with Crippen molar-refractivity contribution in [3.8, 4) is 0 Å². The zero-order valence-electron chi connectivity index (χ0n) is 10.5. The molecular weight excluding hydrogens is 392 g/mol. The van der Waals surface area contributed by atoms with Gasteiger partial charge in [-0.1, -0.05) is 42.3 Å². The van der Waals surface area contributed by atoms with Gasteiger partial charge in [-0.2, -0.15) is 0 Å². The van der Waals surface area contributed by atoms with Gasteiger partial charge in [-0.25, -0.2) is 0 Å². The molecule has 0 saturated carbocycles. The van der Waals surface area contributed by atoms with E-state index in [4.69, 9.17) is 23.2 Å². The minimum absolute atomic E-state index is 0.244. The summed E-state index contributed by atoms with van der Waals surface area (Å²) in [6.07, 6.45) is 0.985. The van der Waals surface area contributed by atoms with Crippen LogP contribution in [0.3, 0.4) is 0 Å². The van der Waals surface area contributed by atoms with Gasteiger partial charge in [0, 0.05) is 19.3 Å². The summed E-state index contributed by atoms with van der Waals surface area (Å²) in [5.74, 6) is 0. The normalized spacial score (nSPS) is 12.2. The third-order valence-corrected chi connectivity index (χ3v) is 4.28. The van der Waals surface area contributed by atoms with Crippen LogP contribution in [0.25, 0.3) is 0 Å². The number of halogens is 3. The SMILES string of the molecule is CCC(Nc1ccc(Cl)cc1I)c1cccc(Cl)c1. The molecule has 0 heterocycles. The Morgan fingerprint density at radius 1 is 1.11 bits per heavy atom. The molecule has 19 heavy (non-hydrogen) atoms. The van der Waals surface area contributed by atoms with E-state index in [1.165, 1.54) is 5.56 Å². The van der Waals surface area contributed by atoms with Gasteiger partial charge in [0.05, 0.1) is 6.04 Å². The molecule has 1 atom stereocenters. The molecule has 0 saturated heterocycles. The molecule has 0 fully saturated rings. The van der Waals surface area contributed by atoms with Crippen molar-refractivity contribution in [1.82, 2.24) is 0 Å². The second kappa shape index (κ2) is 6.82. The Kier molecular flexibility index (Phi) is 5.37. The fourth-order valence-corrected chi connectivity index (χ4v) is 3.16. The summed E-state index contributed by atoms with van der Waals surface area (Å²) in [5.41, 5.74) is 2.29. The molecule has 0 aromatic heterocycles. The maximum Gasteiger partial charge on any atom is 0.0512 e. The lowest BCUT2D eigenvalue weighted by Gasteiger charge is -2.20. The topological polar surface area (TPSA) is 12.0 Å². The van der Waals surface area contributed by atoms with Crippen LogP contribution in [0.4, 0.5) is 5.69 Å². The number of hydrogen-bond donors (Lipinski definition) is 1. The van der Waals surface area contributed by atoms with Crippen LogP contribution in [0.1, 0.15) is 24.9 Å². The van der Waals surface area contributed by atoms with Crippen LogP contribution in [0.2, 0.25) is 10.0 Å². The van der Waals surface area contributed by atoms with Gasteiger partial charge in [-0.3, -0.25) is 0 Å². The average molecular weight is 406 g/mol. The molecule has 2 aromatic carbocycles. The van der Waals surface area contributed by atoms with Crippen molar-refractivity contribution < 1.29 is 0 Å². The van der Waals surface area contributed by atoms with Crippen LogP contribution in [-0.4, -0.2) is 0 Å². The van der Waals surface area contributed by atoms with Crippen LogP contribution in [-0.2, 0) is 0 Å². The van der Waals surface area contributed by atoms with E-state index in [0.717, 1.165) is 25.7 Å². The van der Waals surface area contributed by atoms with Gasteiger partial charge in [0.2, 0.25) is 0 Å². The van der Waals surface area contributed by atoms with Crippen LogP contribution in [0, 0.1) is 3.57 Å². The second-order valence-corrected chi connectivity index (χ2v) is 6.32. The Labute approximate surface area is 137 Å². The molecule has 0 aliphatic heterocycles. The molecule has 4 heteroatoms. The van der Waals surface area contributed by atoms with E-state index in [-0.39, 0.29) is 6.04 Å². The van der Waals surface area contributed by atoms with Crippen molar-refractivity contribution in [2.75, 3.05) is 5.32 Å². The Hall–Kier alpha value is -0.450. The second-order valence-electron chi connectivity index (χ2n) is 4.28. The van der Waals surface area contributed by atoms with Crippen molar-refractivity contribution in [1.29, 1.82) is 0 Å². The van der Waals surface area contributed by atoms with E-state index < -0.39 is 0 Å². The lowest BCUT2D eigenvalue weighted by atomic mass is 10.0. The Bertz CT molecular complexity index is 572. The number of anilines is 1. The molecule has 1 unspecified atom stereocenters. The van der Waals surface area contributed by atoms with E-state index in [0.29, 0.717) is 0 Å². The molecule has 2 rings (SSSR count). The first-order valence-corrected chi connectivity index (χ1v) is 7.90. The predicted octanol–water partition coefficient (Wildman–Crippen LogP) is 6.16. The molecule has 1 nitrogen and oxygen atoms in total. The van der Waals surface area contributed by atoms with Crippen molar-refractivity contribution in [3.05, 3.63) is 61.6 Å². The third kappa shape index (κ3) is 4.01. The Balaban J connectivity index is 2.24. The van der Waals surface area contributed by atoms with E-state index in [9.17, 15) is 0 Å². The van der Waals surface area contributed by atoms with Crippen LogP contribution in [0.15, 0.2) is 42.5 Å². The maximum atomic E-state index is 6.05. The monoisotopic (exact) mass is 405 g/mol. The molecule has 1 N–H and O–H groups in total. The quantitative estimate of drug-likeness (QED) is 0.600. The Morgan fingerprint density at radius 2 is 1.84 bits per heavy atom. The third-order valence-electron chi connectivity index (χ3n) is 2.92. The lowest BCUT2D eigenvalue weighted by molar-refractivity contribution is 0.749. The number of benzene rings is 2. The maximum absolute atomic E-state index is 6.05. The molecule has 0 spiro atoms. The van der Waals surface area contributed by atoms with Gasteiger partial charge in [-0.15, -0.1) is 0 Å². The summed E-state index contributed by atoms with van der Waals surface area (Å²) >= 11 is 14.3. The molecule has 2 aromatic rings. The van der Waals surface area contributed by atoms with Crippen molar-refractivity contribution >= 4 is 51.5 Å². The minimum Gasteiger partial charge on any atom is -0.377 e. The largest absolute Gasteiger partial charge is 0.377 e. The lowest BCUT2D eigenvalue weighted by Crippen LogP contribution is -2.10. The number of hydrogen-bond acceptors (Lipinski definition) is 1. The highest BCUT2D eigenvalue weighted by molar-refractivity contribution is 14.1. The summed E-state index contributed by atoms with van der Waals surface area (Å²) in [6.45, 7) is 2.15. The van der Waals surface area contributed by atoms with Crippen LogP contribution >= 0.6 is 45.8 Å². The van der Waals surface area contributed by atoms with Gasteiger partial charge in [0.15, 0.2) is 0 Å². The molecule has 0 amide bonds. The Morgan fingerprint density at radius 3 is 2.47 bits per heavy atom. The van der Waals surface area contributed by atoms with E-state index >= 15 is 0 Å². The summed E-state index contributed by atoms with van der Waals surface area (Å²) < 4.78 is 1.12. The zero-order chi connectivity index (χ0) is 13.8. The van der Waals surface area contributed by atoms with E-state index in [2.05, 4.69) is 40.9 Å². The standard InChI is InChI=1S/C15H14Cl2IN/c1-2-14(10-4-3-5-11(16)8-10)19-15-7-6-12(17)9-13(15)18/h3-9,14,19H,2H2,1H3. The van der Waals surface area contributed by atoms with Crippen molar-refractivity contribution in [2.24, 2.45) is 0 Å². The average Bonchev–Trinajstić information content (AvgIpc) is 2.38. The van der Waals surface area contributed by atoms with Gasteiger partial charge in [0.25, 0.3) is 0 Å². The highest BCUT2D eigenvalue weighted by atomic mass is 127. The minimum atomic E-state index is 0.244. The first-order valence-electron chi connectivity index (χ1n) is 6.07. The van der Waals surface area contributed by atoms with Gasteiger partial charge in [-0.05, 0) is 64.9 Å². The first-order chi connectivity index (χ1) is 9.10. The summed E-state index contributed by atoms with van der Waals surface area (Å²) in [7, 11) is 0. The molecule has 0 aliphatic carbocycles. The first kappa shape index (κ1) is 14.9. The summed E-state index contributed by atoms with van der Waals surface area (Å²) in [6, 6.07) is 14.1. The summed E-state index contributed by atoms with van der Waals surface area (Å²) in [4.78, 5) is 0. The molecule has 0 aliphatic rings. The molecule has 0 radical (unpaired) electrons. The van der Waals surface area contributed by atoms with Crippen LogP contribution < -0.4 is 5.32 Å². The fourth-order valence-electron chi connectivity index (χ4n) is 1.94. The van der Waals surface area contributed by atoms with E-state index in [1.807, 2.05) is 36.4 Å².